The lowest BCUT2D eigenvalue weighted by Crippen LogP contribution is -2.28. The van der Waals surface area contributed by atoms with Crippen molar-refractivity contribution in [2.24, 2.45) is 0 Å². The zero-order valence-electron chi connectivity index (χ0n) is 14.4. The smallest absolute Gasteiger partial charge is 0.230 e. The van der Waals surface area contributed by atoms with Gasteiger partial charge in [-0.05, 0) is 30.7 Å². The van der Waals surface area contributed by atoms with Gasteiger partial charge >= 0.3 is 0 Å². The number of thioether (sulfide) groups is 1. The molecule has 4 rings (SSSR count). The summed E-state index contributed by atoms with van der Waals surface area (Å²) in [4.78, 5) is 19.9. The first-order valence-corrected chi connectivity index (χ1v) is 9.75. The third kappa shape index (κ3) is 3.89. The first-order valence-electron chi connectivity index (χ1n) is 8.39. The van der Waals surface area contributed by atoms with Gasteiger partial charge in [0.05, 0.1) is 11.8 Å². The normalized spacial score (nSPS) is 12.4. The third-order valence-corrected chi connectivity index (χ3v) is 5.27. The second kappa shape index (κ2) is 7.54. The number of hydrogen-bond donors (Lipinski definition) is 2. The molecule has 1 atom stereocenters. The van der Waals surface area contributed by atoms with Gasteiger partial charge in [-0.25, -0.2) is 4.98 Å². The van der Waals surface area contributed by atoms with Crippen molar-refractivity contribution in [2.75, 3.05) is 5.75 Å². The number of hydrogen-bond acceptors (Lipinski definition) is 5. The molecule has 2 N–H and O–H groups in total. The fourth-order valence-electron chi connectivity index (χ4n) is 2.82. The molecule has 136 valence electrons. The van der Waals surface area contributed by atoms with Crippen LogP contribution in [-0.4, -0.2) is 31.8 Å². The molecular weight excluding hydrogens is 382 g/mol. The van der Waals surface area contributed by atoms with Gasteiger partial charge in [-0.15, -0.1) is 10.2 Å². The van der Waals surface area contributed by atoms with Gasteiger partial charge in [0.2, 0.25) is 11.1 Å². The lowest BCUT2D eigenvalue weighted by molar-refractivity contribution is -0.119. The number of halogens is 1. The molecule has 8 heteroatoms. The van der Waals surface area contributed by atoms with E-state index >= 15 is 0 Å². The minimum atomic E-state index is -0.106. The number of carbonyl (C=O) groups excluding carboxylic acids is 1. The zero-order chi connectivity index (χ0) is 18.8. The van der Waals surface area contributed by atoms with Crippen molar-refractivity contribution in [1.82, 2.24) is 25.5 Å². The van der Waals surface area contributed by atoms with Crippen LogP contribution >= 0.6 is 23.4 Å². The van der Waals surface area contributed by atoms with Crippen molar-refractivity contribution in [3.05, 3.63) is 59.1 Å². The molecule has 0 radical (unpaired) electrons. The Hall–Kier alpha value is -2.64. The SMILES string of the molecule is C[C@H](NC(=O)CSc1nnc2c(n1)[nH]c1ccccc12)c1ccc(Cl)cc1. The highest BCUT2D eigenvalue weighted by molar-refractivity contribution is 7.99. The molecule has 6 nitrogen and oxygen atoms in total. The summed E-state index contributed by atoms with van der Waals surface area (Å²) >= 11 is 7.15. The Morgan fingerprint density at radius 1 is 1.19 bits per heavy atom. The average molecular weight is 398 g/mol. The van der Waals surface area contributed by atoms with E-state index in [1.54, 1.807) is 0 Å². The minimum Gasteiger partial charge on any atom is -0.349 e. The quantitative estimate of drug-likeness (QED) is 0.495. The van der Waals surface area contributed by atoms with E-state index in [1.165, 1.54) is 11.8 Å². The van der Waals surface area contributed by atoms with Gasteiger partial charge in [0.15, 0.2) is 5.65 Å². The van der Waals surface area contributed by atoms with Gasteiger partial charge in [-0.2, -0.15) is 0 Å². The molecule has 0 unspecified atom stereocenters. The molecule has 0 aliphatic carbocycles. The Morgan fingerprint density at radius 3 is 2.78 bits per heavy atom. The summed E-state index contributed by atoms with van der Waals surface area (Å²) in [6, 6.07) is 15.2. The maximum atomic E-state index is 12.2. The molecular formula is C19H16ClN5OS. The summed E-state index contributed by atoms with van der Waals surface area (Å²) in [6.07, 6.45) is 0. The standard InChI is InChI=1S/C19H16ClN5OS/c1-11(12-6-8-13(20)9-7-12)21-16(26)10-27-19-23-18-17(24-25-19)14-4-2-3-5-15(14)22-18/h2-9,11H,10H2,1H3,(H,21,26)(H,22,23,25)/t11-/m0/s1. The highest BCUT2D eigenvalue weighted by atomic mass is 35.5. The molecule has 0 spiro atoms. The molecule has 0 fully saturated rings. The van der Waals surface area contributed by atoms with Crippen LogP contribution in [0, 0.1) is 0 Å². The number of nitrogens with one attached hydrogen (secondary N) is 2. The van der Waals surface area contributed by atoms with Crippen LogP contribution in [-0.2, 0) is 4.79 Å². The molecule has 1 amide bonds. The molecule has 27 heavy (non-hydrogen) atoms. The number of para-hydroxylation sites is 1. The summed E-state index contributed by atoms with van der Waals surface area (Å²) in [6.45, 7) is 1.93. The molecule has 0 bridgehead atoms. The number of carbonyl (C=O) groups is 1. The summed E-state index contributed by atoms with van der Waals surface area (Å²) in [5.74, 6) is 0.119. The van der Waals surface area contributed by atoms with Crippen LogP contribution in [0.3, 0.4) is 0 Å². The summed E-state index contributed by atoms with van der Waals surface area (Å²) in [5, 5.41) is 13.5. The van der Waals surface area contributed by atoms with E-state index < -0.39 is 0 Å². The first-order chi connectivity index (χ1) is 13.1. The fourth-order valence-corrected chi connectivity index (χ4v) is 3.54. The van der Waals surface area contributed by atoms with Gasteiger partial charge in [0.1, 0.15) is 5.52 Å². The van der Waals surface area contributed by atoms with Crippen LogP contribution < -0.4 is 5.32 Å². The number of aromatic nitrogens is 4. The van der Waals surface area contributed by atoms with E-state index in [1.807, 2.05) is 55.5 Å². The van der Waals surface area contributed by atoms with Gasteiger partial charge in [-0.3, -0.25) is 4.79 Å². The maximum absolute atomic E-state index is 12.2. The Labute approximate surface area is 164 Å². The van der Waals surface area contributed by atoms with Crippen LogP contribution in [0.5, 0.6) is 0 Å². The Bertz CT molecular complexity index is 1110. The minimum absolute atomic E-state index is 0.0946. The predicted octanol–water partition coefficient (Wildman–Crippen LogP) is 4.13. The van der Waals surface area contributed by atoms with Crippen molar-refractivity contribution in [3.8, 4) is 0 Å². The number of benzene rings is 2. The van der Waals surface area contributed by atoms with Crippen LogP contribution in [0.1, 0.15) is 18.5 Å². The van der Waals surface area contributed by atoms with E-state index in [9.17, 15) is 4.79 Å². The van der Waals surface area contributed by atoms with Gasteiger partial charge in [0, 0.05) is 15.9 Å². The van der Waals surface area contributed by atoms with Crippen LogP contribution in [0.4, 0.5) is 0 Å². The molecule has 0 aliphatic heterocycles. The van der Waals surface area contributed by atoms with E-state index in [2.05, 4.69) is 25.5 Å². The summed E-state index contributed by atoms with van der Waals surface area (Å²) < 4.78 is 0. The van der Waals surface area contributed by atoms with E-state index in [0.717, 1.165) is 22.0 Å². The Balaban J connectivity index is 1.41. The van der Waals surface area contributed by atoms with Crippen molar-refractivity contribution in [1.29, 1.82) is 0 Å². The van der Waals surface area contributed by atoms with E-state index in [-0.39, 0.29) is 17.7 Å². The zero-order valence-corrected chi connectivity index (χ0v) is 16.0. The molecule has 0 aliphatic rings. The molecule has 4 aromatic rings. The first kappa shape index (κ1) is 17.8. The van der Waals surface area contributed by atoms with Gasteiger partial charge in [0.25, 0.3) is 0 Å². The Morgan fingerprint density at radius 2 is 1.96 bits per heavy atom. The number of nitrogens with zero attached hydrogens (tertiary/aromatic N) is 3. The van der Waals surface area contributed by atoms with Gasteiger partial charge in [-0.1, -0.05) is 53.7 Å². The van der Waals surface area contributed by atoms with E-state index in [0.29, 0.717) is 15.8 Å². The Kier molecular flexibility index (Phi) is 4.96. The van der Waals surface area contributed by atoms with Crippen LogP contribution in [0.15, 0.2) is 53.7 Å². The molecule has 0 saturated heterocycles. The number of amides is 1. The average Bonchev–Trinajstić information content (AvgIpc) is 3.04. The molecule has 0 saturated carbocycles. The number of rotatable bonds is 5. The second-order valence-electron chi connectivity index (χ2n) is 6.09. The fraction of sp³-hybridized carbons (Fsp3) is 0.158. The molecule has 2 aromatic heterocycles. The largest absolute Gasteiger partial charge is 0.349 e. The number of aromatic amines is 1. The van der Waals surface area contributed by atoms with Crippen molar-refractivity contribution < 1.29 is 4.79 Å². The van der Waals surface area contributed by atoms with Crippen molar-refractivity contribution in [3.63, 3.8) is 0 Å². The van der Waals surface area contributed by atoms with Crippen molar-refractivity contribution in [2.45, 2.75) is 18.1 Å². The topological polar surface area (TPSA) is 83.6 Å². The maximum Gasteiger partial charge on any atom is 0.230 e. The van der Waals surface area contributed by atoms with Gasteiger partial charge < -0.3 is 10.3 Å². The highest BCUT2D eigenvalue weighted by Crippen LogP contribution is 2.23. The van der Waals surface area contributed by atoms with Crippen molar-refractivity contribution >= 4 is 51.3 Å². The molecule has 2 heterocycles. The molecule has 2 aromatic carbocycles. The highest BCUT2D eigenvalue weighted by Gasteiger charge is 2.13. The number of fused-ring (bicyclic) bond motifs is 3. The van der Waals surface area contributed by atoms with Crippen LogP contribution in [0.2, 0.25) is 5.02 Å². The third-order valence-electron chi connectivity index (χ3n) is 4.18. The lowest BCUT2D eigenvalue weighted by Gasteiger charge is -2.14. The lowest BCUT2D eigenvalue weighted by atomic mass is 10.1. The number of H-pyrrole nitrogens is 1. The second-order valence-corrected chi connectivity index (χ2v) is 7.47. The van der Waals surface area contributed by atoms with E-state index in [4.69, 9.17) is 11.6 Å². The summed E-state index contributed by atoms with van der Waals surface area (Å²) in [5.41, 5.74) is 3.36. The predicted molar refractivity (Wildman–Crippen MR) is 108 cm³/mol. The van der Waals surface area contributed by atoms with Crippen LogP contribution in [0.25, 0.3) is 22.1 Å². The monoisotopic (exact) mass is 397 g/mol. The summed E-state index contributed by atoms with van der Waals surface area (Å²) in [7, 11) is 0.